The number of amides is 2. The Morgan fingerprint density at radius 1 is 1.06 bits per heavy atom. The predicted molar refractivity (Wildman–Crippen MR) is 139 cm³/mol. The van der Waals surface area contributed by atoms with Crippen molar-refractivity contribution in [3.63, 3.8) is 0 Å². The quantitative estimate of drug-likeness (QED) is 0.392. The number of carbonyl (C=O) groups excluding carboxylic acids is 2. The first-order chi connectivity index (χ1) is 15.2. The Morgan fingerprint density at radius 3 is 2.47 bits per heavy atom. The van der Waals surface area contributed by atoms with Gasteiger partial charge < -0.3 is 10.6 Å². The second-order valence-electron chi connectivity index (χ2n) is 9.60. The molecule has 0 saturated carbocycles. The van der Waals surface area contributed by atoms with E-state index in [9.17, 15) is 9.59 Å². The lowest BCUT2D eigenvalue weighted by molar-refractivity contribution is -0.124. The molecule has 0 atom stereocenters. The van der Waals surface area contributed by atoms with E-state index in [0.717, 1.165) is 35.9 Å². The van der Waals surface area contributed by atoms with Gasteiger partial charge in [0.15, 0.2) is 0 Å². The summed E-state index contributed by atoms with van der Waals surface area (Å²) in [5.41, 5.74) is 4.02. The van der Waals surface area contributed by atoms with Crippen molar-refractivity contribution in [3.8, 4) is 11.1 Å². The van der Waals surface area contributed by atoms with Gasteiger partial charge in [-0.2, -0.15) is 0 Å². The fourth-order valence-electron chi connectivity index (χ4n) is 4.10. The second kappa shape index (κ2) is 11.3. The van der Waals surface area contributed by atoms with Gasteiger partial charge in [-0.25, -0.2) is 0 Å². The molecule has 32 heavy (non-hydrogen) atoms. The fourth-order valence-corrected chi connectivity index (χ4v) is 4.76. The average molecular weight is 547 g/mol. The van der Waals surface area contributed by atoms with Crippen LogP contribution in [-0.4, -0.2) is 48.4 Å². The highest BCUT2D eigenvalue weighted by molar-refractivity contribution is 14.1. The van der Waals surface area contributed by atoms with E-state index in [1.54, 1.807) is 0 Å². The van der Waals surface area contributed by atoms with Crippen molar-refractivity contribution in [1.82, 2.24) is 15.5 Å². The highest BCUT2D eigenvalue weighted by Gasteiger charge is 2.23. The number of carbonyl (C=O) groups is 2. The van der Waals surface area contributed by atoms with Crippen molar-refractivity contribution in [3.05, 3.63) is 59.7 Å². The van der Waals surface area contributed by atoms with Crippen molar-refractivity contribution in [2.45, 2.75) is 43.6 Å². The van der Waals surface area contributed by atoms with Crippen LogP contribution in [0.2, 0.25) is 0 Å². The molecule has 0 bridgehead atoms. The SMILES string of the molecule is CC(C)(C)NC(=O)CN1CCC(CNC(=O)c2cccc(-c3ccccc3CI)c2)CC1. The molecule has 1 aliphatic rings. The summed E-state index contributed by atoms with van der Waals surface area (Å²) in [5.74, 6) is 0.503. The number of hydrogen-bond donors (Lipinski definition) is 2. The van der Waals surface area contributed by atoms with Gasteiger partial charge in [-0.15, -0.1) is 0 Å². The van der Waals surface area contributed by atoms with Crippen molar-refractivity contribution in [1.29, 1.82) is 0 Å². The van der Waals surface area contributed by atoms with Crippen LogP contribution in [-0.2, 0) is 9.22 Å². The lowest BCUT2D eigenvalue weighted by Gasteiger charge is -2.32. The van der Waals surface area contributed by atoms with Crippen LogP contribution in [0.15, 0.2) is 48.5 Å². The van der Waals surface area contributed by atoms with Crippen molar-refractivity contribution >= 4 is 34.4 Å². The van der Waals surface area contributed by atoms with Gasteiger partial charge in [0.1, 0.15) is 0 Å². The summed E-state index contributed by atoms with van der Waals surface area (Å²) in [6, 6.07) is 16.2. The van der Waals surface area contributed by atoms with Gasteiger partial charge in [-0.05, 0) is 81.4 Å². The maximum atomic E-state index is 12.8. The smallest absolute Gasteiger partial charge is 0.251 e. The molecule has 0 spiro atoms. The largest absolute Gasteiger partial charge is 0.352 e. The minimum atomic E-state index is -0.199. The second-order valence-corrected chi connectivity index (χ2v) is 10.4. The first-order valence-electron chi connectivity index (χ1n) is 11.3. The molecule has 1 aliphatic heterocycles. The molecule has 2 aromatic carbocycles. The van der Waals surface area contributed by atoms with Gasteiger partial charge in [-0.1, -0.05) is 59.0 Å². The number of benzene rings is 2. The fraction of sp³-hybridized carbons (Fsp3) is 0.462. The molecule has 2 N–H and O–H groups in total. The number of halogens is 1. The normalized spacial score (nSPS) is 15.4. The third kappa shape index (κ3) is 7.30. The number of nitrogens with zero attached hydrogens (tertiary/aromatic N) is 1. The Hall–Kier alpha value is -1.93. The van der Waals surface area contributed by atoms with Crippen LogP contribution >= 0.6 is 22.6 Å². The van der Waals surface area contributed by atoms with Crippen LogP contribution in [0.3, 0.4) is 0 Å². The van der Waals surface area contributed by atoms with E-state index in [1.807, 2.05) is 45.0 Å². The molecule has 2 amide bonds. The molecule has 3 rings (SSSR count). The summed E-state index contributed by atoms with van der Waals surface area (Å²) < 4.78 is 0.931. The Labute approximate surface area is 205 Å². The van der Waals surface area contributed by atoms with E-state index in [-0.39, 0.29) is 17.4 Å². The van der Waals surface area contributed by atoms with Gasteiger partial charge in [-0.3, -0.25) is 14.5 Å². The summed E-state index contributed by atoms with van der Waals surface area (Å²) in [5, 5.41) is 6.15. The van der Waals surface area contributed by atoms with E-state index >= 15 is 0 Å². The predicted octanol–water partition coefficient (Wildman–Crippen LogP) is 4.65. The van der Waals surface area contributed by atoms with E-state index in [1.165, 1.54) is 11.1 Å². The molecule has 6 heteroatoms. The van der Waals surface area contributed by atoms with Gasteiger partial charge in [0.2, 0.25) is 5.91 Å². The van der Waals surface area contributed by atoms with E-state index in [4.69, 9.17) is 0 Å². The van der Waals surface area contributed by atoms with Crippen LogP contribution in [0, 0.1) is 5.92 Å². The van der Waals surface area contributed by atoms with E-state index < -0.39 is 0 Å². The van der Waals surface area contributed by atoms with E-state index in [0.29, 0.717) is 24.6 Å². The summed E-state index contributed by atoms with van der Waals surface area (Å²) >= 11 is 2.37. The van der Waals surface area contributed by atoms with Gasteiger partial charge in [0.25, 0.3) is 5.91 Å². The first-order valence-corrected chi connectivity index (χ1v) is 12.8. The first kappa shape index (κ1) is 24.7. The highest BCUT2D eigenvalue weighted by atomic mass is 127. The molecule has 1 heterocycles. The molecule has 0 unspecified atom stereocenters. The molecule has 2 aromatic rings. The maximum Gasteiger partial charge on any atom is 0.251 e. The zero-order chi connectivity index (χ0) is 23.1. The highest BCUT2D eigenvalue weighted by Crippen LogP contribution is 2.26. The lowest BCUT2D eigenvalue weighted by atomic mass is 9.96. The standard InChI is InChI=1S/C26H34IN3O2/c1-26(2,3)29-24(31)18-30-13-11-19(12-14-30)17-28-25(32)21-9-6-8-20(15-21)23-10-5-4-7-22(23)16-27/h4-10,15,19H,11-14,16-18H2,1-3H3,(H,28,32)(H,29,31). The molecule has 0 aromatic heterocycles. The average Bonchev–Trinajstić information content (AvgIpc) is 2.77. The molecular weight excluding hydrogens is 513 g/mol. The Balaban J connectivity index is 1.49. The number of likely N-dealkylation sites (tertiary alicyclic amines) is 1. The molecule has 5 nitrogen and oxygen atoms in total. The number of nitrogens with one attached hydrogen (secondary N) is 2. The molecule has 1 fully saturated rings. The van der Waals surface area contributed by atoms with E-state index in [2.05, 4.69) is 62.4 Å². The Bertz CT molecular complexity index is 931. The number of hydrogen-bond acceptors (Lipinski definition) is 3. The monoisotopic (exact) mass is 547 g/mol. The summed E-state index contributed by atoms with van der Waals surface area (Å²) in [7, 11) is 0. The summed E-state index contributed by atoms with van der Waals surface area (Å²) in [4.78, 5) is 27.1. The zero-order valence-electron chi connectivity index (χ0n) is 19.3. The van der Waals surface area contributed by atoms with Crippen molar-refractivity contribution in [2.75, 3.05) is 26.2 Å². The summed E-state index contributed by atoms with van der Waals surface area (Å²) in [6.07, 6.45) is 1.98. The maximum absolute atomic E-state index is 12.8. The van der Waals surface area contributed by atoms with Gasteiger partial charge in [0.05, 0.1) is 6.54 Å². The molecular formula is C26H34IN3O2. The molecule has 0 aliphatic carbocycles. The van der Waals surface area contributed by atoms with Crippen LogP contribution in [0.25, 0.3) is 11.1 Å². The number of alkyl halides is 1. The minimum Gasteiger partial charge on any atom is -0.352 e. The van der Waals surface area contributed by atoms with Crippen molar-refractivity contribution in [2.24, 2.45) is 5.92 Å². The lowest BCUT2D eigenvalue weighted by Crippen LogP contribution is -2.48. The van der Waals surface area contributed by atoms with Crippen LogP contribution in [0.1, 0.15) is 49.5 Å². The van der Waals surface area contributed by atoms with Crippen LogP contribution < -0.4 is 10.6 Å². The third-order valence-corrected chi connectivity index (χ3v) is 6.56. The van der Waals surface area contributed by atoms with Crippen LogP contribution in [0.5, 0.6) is 0 Å². The third-order valence-electron chi connectivity index (χ3n) is 5.74. The summed E-state index contributed by atoms with van der Waals surface area (Å²) in [6.45, 7) is 8.89. The minimum absolute atomic E-state index is 0.0224. The Kier molecular flexibility index (Phi) is 8.71. The van der Waals surface area contributed by atoms with Crippen LogP contribution in [0.4, 0.5) is 0 Å². The number of piperidine rings is 1. The van der Waals surface area contributed by atoms with Gasteiger partial charge in [0, 0.05) is 22.1 Å². The van der Waals surface area contributed by atoms with Crippen molar-refractivity contribution < 1.29 is 9.59 Å². The molecule has 1 saturated heterocycles. The Morgan fingerprint density at radius 2 is 1.78 bits per heavy atom. The van der Waals surface area contributed by atoms with Gasteiger partial charge >= 0.3 is 0 Å². The molecule has 0 radical (unpaired) electrons. The number of rotatable bonds is 7. The topological polar surface area (TPSA) is 61.4 Å². The molecule has 172 valence electrons. The zero-order valence-corrected chi connectivity index (χ0v) is 21.4.